The molecule has 0 atom stereocenters. The van der Waals surface area contributed by atoms with Crippen molar-refractivity contribution in [3.8, 4) is 5.75 Å². The minimum Gasteiger partial charge on any atom is -0.512 e. The Morgan fingerprint density at radius 2 is 1.92 bits per heavy atom. The van der Waals surface area contributed by atoms with Crippen molar-refractivity contribution in [3.05, 3.63) is 35.6 Å². The van der Waals surface area contributed by atoms with Crippen LogP contribution in [0.25, 0.3) is 0 Å². The SMILES string of the molecule is COc1ccccc1NC(=O)C(C=NC(=S)NNC(C)=O)=C(C)O. The maximum absolute atomic E-state index is 12.3. The van der Waals surface area contributed by atoms with Crippen LogP contribution in [0.3, 0.4) is 0 Å². The van der Waals surface area contributed by atoms with Crippen molar-refractivity contribution in [1.29, 1.82) is 0 Å². The zero-order valence-corrected chi connectivity index (χ0v) is 14.2. The summed E-state index contributed by atoms with van der Waals surface area (Å²) < 4.78 is 5.14. The molecule has 0 aromatic heterocycles. The predicted octanol–water partition coefficient (Wildman–Crippen LogP) is 1.46. The highest BCUT2D eigenvalue weighted by molar-refractivity contribution is 7.80. The van der Waals surface area contributed by atoms with Crippen LogP contribution in [0.1, 0.15) is 13.8 Å². The number of nitrogens with one attached hydrogen (secondary N) is 3. The lowest BCUT2D eigenvalue weighted by Gasteiger charge is -2.10. The largest absolute Gasteiger partial charge is 0.512 e. The Kier molecular flexibility index (Phi) is 7.37. The minimum atomic E-state index is -0.592. The average Bonchev–Trinajstić information content (AvgIpc) is 2.53. The van der Waals surface area contributed by atoms with Crippen LogP contribution in [0.15, 0.2) is 40.6 Å². The van der Waals surface area contributed by atoms with Gasteiger partial charge in [0, 0.05) is 13.1 Å². The molecule has 24 heavy (non-hydrogen) atoms. The number of thiocarbonyl (C=S) groups is 1. The van der Waals surface area contributed by atoms with Gasteiger partial charge in [-0.2, -0.15) is 0 Å². The third-order valence-electron chi connectivity index (χ3n) is 2.65. The number of ether oxygens (including phenoxy) is 1. The molecular formula is C15H18N4O4S. The molecule has 1 aromatic rings. The average molecular weight is 350 g/mol. The number of carbonyl (C=O) groups is 2. The normalized spacial score (nSPS) is 11.5. The molecular weight excluding hydrogens is 332 g/mol. The van der Waals surface area contributed by atoms with E-state index in [9.17, 15) is 14.7 Å². The fourth-order valence-electron chi connectivity index (χ4n) is 1.55. The molecule has 0 unspecified atom stereocenters. The first-order valence-corrected chi connectivity index (χ1v) is 7.20. The molecule has 2 amide bonds. The van der Waals surface area contributed by atoms with Crippen molar-refractivity contribution in [3.63, 3.8) is 0 Å². The number of aliphatic imine (C=N–C) groups is 1. The number of amides is 2. The summed E-state index contributed by atoms with van der Waals surface area (Å²) in [5.41, 5.74) is 4.96. The number of aliphatic hydroxyl groups is 1. The van der Waals surface area contributed by atoms with Gasteiger partial charge in [0.1, 0.15) is 11.5 Å². The number of aliphatic hydroxyl groups excluding tert-OH is 1. The van der Waals surface area contributed by atoms with E-state index in [2.05, 4.69) is 21.2 Å². The second kappa shape index (κ2) is 9.26. The van der Waals surface area contributed by atoms with Gasteiger partial charge in [0.2, 0.25) is 11.0 Å². The van der Waals surface area contributed by atoms with E-state index in [1.165, 1.54) is 21.0 Å². The number of benzene rings is 1. The van der Waals surface area contributed by atoms with E-state index in [0.717, 1.165) is 6.21 Å². The van der Waals surface area contributed by atoms with Crippen LogP contribution >= 0.6 is 12.2 Å². The van der Waals surface area contributed by atoms with Gasteiger partial charge in [-0.05, 0) is 31.3 Å². The van der Waals surface area contributed by atoms with Gasteiger partial charge >= 0.3 is 0 Å². The fraction of sp³-hybridized carbons (Fsp3) is 0.200. The number of para-hydroxylation sites is 2. The van der Waals surface area contributed by atoms with Crippen molar-refractivity contribution in [2.75, 3.05) is 12.4 Å². The number of rotatable bonds is 4. The van der Waals surface area contributed by atoms with E-state index >= 15 is 0 Å². The standard InChI is InChI=1S/C15H18N4O4S/c1-9(20)11(8-16-15(24)19-18-10(2)21)14(22)17-12-6-4-5-7-13(12)23-3/h4-8,20H,1-3H3,(H,17,22)(H,18,21)(H,19,24). The molecule has 0 spiro atoms. The van der Waals surface area contributed by atoms with Gasteiger partial charge in [-0.25, -0.2) is 4.99 Å². The molecule has 128 valence electrons. The topological polar surface area (TPSA) is 112 Å². The summed E-state index contributed by atoms with van der Waals surface area (Å²) in [6.45, 7) is 2.64. The summed E-state index contributed by atoms with van der Waals surface area (Å²) in [5, 5.41) is 12.2. The molecule has 0 aliphatic carbocycles. The van der Waals surface area contributed by atoms with Crippen LogP contribution in [-0.4, -0.2) is 35.4 Å². The lowest BCUT2D eigenvalue weighted by atomic mass is 10.2. The highest BCUT2D eigenvalue weighted by atomic mass is 32.1. The summed E-state index contributed by atoms with van der Waals surface area (Å²) >= 11 is 4.85. The number of anilines is 1. The van der Waals surface area contributed by atoms with Crippen LogP contribution in [0.4, 0.5) is 5.69 Å². The zero-order valence-electron chi connectivity index (χ0n) is 13.4. The Labute approximate surface area is 144 Å². The molecule has 4 N–H and O–H groups in total. The maximum atomic E-state index is 12.3. The Bertz CT molecular complexity index is 696. The van der Waals surface area contributed by atoms with Gasteiger partial charge in [-0.1, -0.05) is 12.1 Å². The summed E-state index contributed by atoms with van der Waals surface area (Å²) in [4.78, 5) is 26.8. The predicted molar refractivity (Wildman–Crippen MR) is 95.0 cm³/mol. The molecule has 1 aromatic carbocycles. The monoisotopic (exact) mass is 350 g/mol. The van der Waals surface area contributed by atoms with Crippen LogP contribution < -0.4 is 20.9 Å². The number of nitrogens with zero attached hydrogens (tertiary/aromatic N) is 1. The molecule has 0 fully saturated rings. The molecule has 0 bridgehead atoms. The van der Waals surface area contributed by atoms with Crippen LogP contribution in [0.5, 0.6) is 5.75 Å². The van der Waals surface area contributed by atoms with E-state index in [0.29, 0.717) is 11.4 Å². The lowest BCUT2D eigenvalue weighted by Crippen LogP contribution is -2.38. The first-order valence-electron chi connectivity index (χ1n) is 6.80. The molecule has 0 saturated carbocycles. The molecule has 0 aliphatic heterocycles. The Balaban J connectivity index is 2.85. The Morgan fingerprint density at radius 3 is 2.50 bits per heavy atom. The van der Waals surface area contributed by atoms with Gasteiger partial charge in [0.05, 0.1) is 18.4 Å². The smallest absolute Gasteiger partial charge is 0.260 e. The van der Waals surface area contributed by atoms with Crippen LogP contribution in [0.2, 0.25) is 0 Å². The van der Waals surface area contributed by atoms with Crippen LogP contribution in [0, 0.1) is 0 Å². The minimum absolute atomic E-state index is 0.0750. The second-order valence-electron chi connectivity index (χ2n) is 4.52. The third-order valence-corrected chi connectivity index (χ3v) is 2.85. The summed E-state index contributed by atoms with van der Waals surface area (Å²) in [5.74, 6) is -0.713. The Hall–Kier alpha value is -2.94. The Morgan fingerprint density at radius 1 is 1.25 bits per heavy atom. The first-order chi connectivity index (χ1) is 11.3. The number of carbonyl (C=O) groups excluding carboxylic acids is 2. The molecule has 0 aliphatic rings. The van der Waals surface area contributed by atoms with E-state index in [4.69, 9.17) is 17.0 Å². The van der Waals surface area contributed by atoms with E-state index < -0.39 is 5.91 Å². The van der Waals surface area contributed by atoms with Gasteiger partial charge in [-0.3, -0.25) is 20.4 Å². The van der Waals surface area contributed by atoms with Gasteiger partial charge < -0.3 is 15.2 Å². The number of hydrogen-bond acceptors (Lipinski definition) is 5. The lowest BCUT2D eigenvalue weighted by molar-refractivity contribution is -0.119. The fourth-order valence-corrected chi connectivity index (χ4v) is 1.65. The number of methoxy groups -OCH3 is 1. The number of hydrazine groups is 1. The highest BCUT2D eigenvalue weighted by Crippen LogP contribution is 2.23. The van der Waals surface area contributed by atoms with Crippen molar-refractivity contribution in [1.82, 2.24) is 10.9 Å². The van der Waals surface area contributed by atoms with Crippen molar-refractivity contribution < 1.29 is 19.4 Å². The second-order valence-corrected chi connectivity index (χ2v) is 4.91. The summed E-state index contributed by atoms with van der Waals surface area (Å²) in [6.07, 6.45) is 1.09. The van der Waals surface area contributed by atoms with E-state index in [1.807, 2.05) is 0 Å². The number of hydrogen-bond donors (Lipinski definition) is 4. The molecule has 0 heterocycles. The summed E-state index contributed by atoms with van der Waals surface area (Å²) in [6, 6.07) is 6.83. The molecule has 9 heteroatoms. The molecule has 8 nitrogen and oxygen atoms in total. The third kappa shape index (κ3) is 6.05. The van der Waals surface area contributed by atoms with Gasteiger partial charge in [-0.15, -0.1) is 0 Å². The van der Waals surface area contributed by atoms with Crippen molar-refractivity contribution in [2.24, 2.45) is 4.99 Å². The molecule has 0 radical (unpaired) electrons. The van der Waals surface area contributed by atoms with Gasteiger partial charge in [0.25, 0.3) is 5.91 Å². The van der Waals surface area contributed by atoms with Gasteiger partial charge in [0.15, 0.2) is 0 Å². The molecule has 0 saturated heterocycles. The quantitative estimate of drug-likeness (QED) is 0.215. The van der Waals surface area contributed by atoms with E-state index in [1.54, 1.807) is 24.3 Å². The highest BCUT2D eigenvalue weighted by Gasteiger charge is 2.13. The zero-order chi connectivity index (χ0) is 18.1. The van der Waals surface area contributed by atoms with Crippen molar-refractivity contribution >= 4 is 41.0 Å². The maximum Gasteiger partial charge on any atom is 0.260 e. The van der Waals surface area contributed by atoms with E-state index in [-0.39, 0.29) is 22.4 Å². The number of allylic oxidation sites excluding steroid dienone is 1. The molecule has 1 rings (SSSR count). The van der Waals surface area contributed by atoms with Crippen molar-refractivity contribution in [2.45, 2.75) is 13.8 Å². The summed E-state index contributed by atoms with van der Waals surface area (Å²) in [7, 11) is 1.48. The van der Waals surface area contributed by atoms with Crippen LogP contribution in [-0.2, 0) is 9.59 Å². The first kappa shape index (κ1) is 19.1.